The largest absolute Gasteiger partial charge is 0.492 e. The average molecular weight is 362 g/mol. The van der Waals surface area contributed by atoms with Crippen LogP contribution in [0.5, 0.6) is 5.75 Å². The fourth-order valence-electron chi connectivity index (χ4n) is 4.08. The Morgan fingerprint density at radius 2 is 1.59 bits per heavy atom. The van der Waals surface area contributed by atoms with Crippen LogP contribution >= 0.6 is 0 Å². The average Bonchev–Trinajstić information content (AvgIpc) is 2.68. The zero-order chi connectivity index (χ0) is 18.6. The van der Waals surface area contributed by atoms with Crippen molar-refractivity contribution in [1.82, 2.24) is 9.97 Å². The van der Waals surface area contributed by atoms with Crippen molar-refractivity contribution in [2.45, 2.75) is 32.1 Å². The zero-order valence-corrected chi connectivity index (χ0v) is 15.5. The zero-order valence-electron chi connectivity index (χ0n) is 15.5. The van der Waals surface area contributed by atoms with Gasteiger partial charge in [-0.05, 0) is 61.6 Å². The van der Waals surface area contributed by atoms with Crippen molar-refractivity contribution in [3.8, 4) is 5.75 Å². The molecule has 2 aromatic carbocycles. The van der Waals surface area contributed by atoms with Crippen molar-refractivity contribution in [2.75, 3.05) is 18.1 Å². The molecule has 0 saturated heterocycles. The summed E-state index contributed by atoms with van der Waals surface area (Å²) in [6.45, 7) is 0.709. The van der Waals surface area contributed by atoms with E-state index in [2.05, 4.69) is 40.3 Å². The van der Waals surface area contributed by atoms with Crippen molar-refractivity contribution in [3.63, 3.8) is 0 Å². The molecule has 4 rings (SSSR count). The number of nitrogens with two attached hydrogens (primary N) is 2. The second-order valence-electron chi connectivity index (χ2n) is 7.50. The Morgan fingerprint density at radius 3 is 2.37 bits per heavy atom. The van der Waals surface area contributed by atoms with Gasteiger partial charge in [-0.15, -0.1) is 0 Å². The number of ether oxygens (including phenoxy) is 1. The third-order valence-corrected chi connectivity index (χ3v) is 5.54. The van der Waals surface area contributed by atoms with Gasteiger partial charge in [0.15, 0.2) is 0 Å². The van der Waals surface area contributed by atoms with Crippen LogP contribution in [0.3, 0.4) is 0 Å². The summed E-state index contributed by atoms with van der Waals surface area (Å²) >= 11 is 0. The number of anilines is 2. The number of hydrogen-bond acceptors (Lipinski definition) is 5. The summed E-state index contributed by atoms with van der Waals surface area (Å²) in [6, 6.07) is 16.5. The molecule has 0 radical (unpaired) electrons. The van der Waals surface area contributed by atoms with Crippen molar-refractivity contribution >= 4 is 22.7 Å². The Labute approximate surface area is 159 Å². The predicted octanol–water partition coefficient (Wildman–Crippen LogP) is 4.22. The Hall–Kier alpha value is -2.82. The molecule has 0 unspecified atom stereocenters. The SMILES string of the molecule is Nc1nc(N)c2c(OCC3CCC(Cc4ccccc4)CC3)cccc2n1. The predicted molar refractivity (Wildman–Crippen MR) is 109 cm³/mol. The molecule has 3 aromatic rings. The Bertz CT molecular complexity index is 905. The molecule has 5 nitrogen and oxygen atoms in total. The highest BCUT2D eigenvalue weighted by Crippen LogP contribution is 2.33. The summed E-state index contributed by atoms with van der Waals surface area (Å²) in [5, 5.41) is 0.754. The molecule has 0 aliphatic heterocycles. The second-order valence-corrected chi connectivity index (χ2v) is 7.50. The van der Waals surface area contributed by atoms with Crippen LogP contribution in [0.15, 0.2) is 48.5 Å². The molecule has 27 heavy (non-hydrogen) atoms. The first-order chi connectivity index (χ1) is 13.2. The maximum Gasteiger partial charge on any atom is 0.222 e. The van der Waals surface area contributed by atoms with Gasteiger partial charge in [0.25, 0.3) is 0 Å². The molecule has 0 atom stereocenters. The molecular formula is C22H26N4O. The lowest BCUT2D eigenvalue weighted by atomic mass is 9.79. The van der Waals surface area contributed by atoms with Crippen LogP contribution in [0.25, 0.3) is 10.9 Å². The van der Waals surface area contributed by atoms with Crippen LogP contribution in [0, 0.1) is 11.8 Å². The first-order valence-corrected chi connectivity index (χ1v) is 9.67. The number of nitrogen functional groups attached to an aromatic ring is 2. The molecule has 0 amide bonds. The first-order valence-electron chi connectivity index (χ1n) is 9.67. The van der Waals surface area contributed by atoms with E-state index >= 15 is 0 Å². The van der Waals surface area contributed by atoms with Gasteiger partial charge in [-0.25, -0.2) is 4.98 Å². The van der Waals surface area contributed by atoms with Crippen LogP contribution in [-0.2, 0) is 6.42 Å². The standard InChI is InChI=1S/C22H26N4O/c23-21-20-18(25-22(24)26-21)7-4-8-19(20)27-14-17-11-9-16(10-12-17)13-15-5-2-1-3-6-15/h1-8,16-17H,9-14H2,(H4,23,24,25,26). The van der Waals surface area contributed by atoms with Gasteiger partial charge >= 0.3 is 0 Å². The lowest BCUT2D eigenvalue weighted by Crippen LogP contribution is -2.21. The molecule has 1 heterocycles. The molecule has 0 spiro atoms. The molecule has 1 aliphatic rings. The lowest BCUT2D eigenvalue weighted by Gasteiger charge is -2.28. The first kappa shape index (κ1) is 17.6. The normalized spacial score (nSPS) is 19.9. The summed E-state index contributed by atoms with van der Waals surface area (Å²) in [5.74, 6) is 2.68. The van der Waals surface area contributed by atoms with Gasteiger partial charge in [0.05, 0.1) is 17.5 Å². The fraction of sp³-hybridized carbons (Fsp3) is 0.364. The molecule has 140 valence electrons. The maximum atomic E-state index is 6.13. The smallest absolute Gasteiger partial charge is 0.222 e. The van der Waals surface area contributed by atoms with E-state index in [-0.39, 0.29) is 5.95 Å². The quantitative estimate of drug-likeness (QED) is 0.709. The van der Waals surface area contributed by atoms with Crippen LogP contribution in [0.4, 0.5) is 11.8 Å². The van der Waals surface area contributed by atoms with Crippen molar-refractivity contribution in [2.24, 2.45) is 11.8 Å². The van der Waals surface area contributed by atoms with Gasteiger partial charge in [0.2, 0.25) is 5.95 Å². The molecule has 4 N–H and O–H groups in total. The summed E-state index contributed by atoms with van der Waals surface area (Å²) in [7, 11) is 0. The van der Waals surface area contributed by atoms with E-state index in [4.69, 9.17) is 16.2 Å². The van der Waals surface area contributed by atoms with Gasteiger partial charge in [0.1, 0.15) is 11.6 Å². The van der Waals surface area contributed by atoms with E-state index in [1.807, 2.05) is 18.2 Å². The molecule has 1 fully saturated rings. The number of rotatable bonds is 5. The number of fused-ring (bicyclic) bond motifs is 1. The minimum absolute atomic E-state index is 0.189. The highest BCUT2D eigenvalue weighted by Gasteiger charge is 2.22. The van der Waals surface area contributed by atoms with E-state index < -0.39 is 0 Å². The van der Waals surface area contributed by atoms with Crippen molar-refractivity contribution in [1.29, 1.82) is 0 Å². The van der Waals surface area contributed by atoms with E-state index in [0.29, 0.717) is 18.3 Å². The summed E-state index contributed by atoms with van der Waals surface area (Å²) in [6.07, 6.45) is 6.13. The van der Waals surface area contributed by atoms with Crippen LogP contribution in [0.2, 0.25) is 0 Å². The van der Waals surface area contributed by atoms with E-state index in [1.54, 1.807) is 0 Å². The number of benzene rings is 2. The van der Waals surface area contributed by atoms with Gasteiger partial charge in [-0.2, -0.15) is 4.98 Å². The van der Waals surface area contributed by atoms with Crippen LogP contribution in [0.1, 0.15) is 31.2 Å². The van der Waals surface area contributed by atoms with E-state index in [0.717, 1.165) is 22.6 Å². The van der Waals surface area contributed by atoms with Gasteiger partial charge in [0, 0.05) is 0 Å². The maximum absolute atomic E-state index is 6.13. The molecule has 1 aliphatic carbocycles. The third-order valence-electron chi connectivity index (χ3n) is 5.54. The Balaban J connectivity index is 1.35. The monoisotopic (exact) mass is 362 g/mol. The second kappa shape index (κ2) is 7.82. The molecule has 1 saturated carbocycles. The summed E-state index contributed by atoms with van der Waals surface area (Å²) in [5.41, 5.74) is 13.9. The summed E-state index contributed by atoms with van der Waals surface area (Å²) in [4.78, 5) is 8.32. The van der Waals surface area contributed by atoms with Gasteiger partial charge in [-0.3, -0.25) is 0 Å². The minimum atomic E-state index is 0.189. The van der Waals surface area contributed by atoms with Crippen molar-refractivity contribution < 1.29 is 4.74 Å². The minimum Gasteiger partial charge on any atom is -0.492 e. The van der Waals surface area contributed by atoms with Gasteiger partial charge < -0.3 is 16.2 Å². The van der Waals surface area contributed by atoms with Gasteiger partial charge in [-0.1, -0.05) is 36.4 Å². The Kier molecular flexibility index (Phi) is 5.10. The molecule has 5 heteroatoms. The van der Waals surface area contributed by atoms with Crippen LogP contribution in [-0.4, -0.2) is 16.6 Å². The van der Waals surface area contributed by atoms with E-state index in [1.165, 1.54) is 37.7 Å². The summed E-state index contributed by atoms with van der Waals surface area (Å²) < 4.78 is 6.13. The number of nitrogens with zero attached hydrogens (tertiary/aromatic N) is 2. The third kappa shape index (κ3) is 4.13. The molecule has 0 bridgehead atoms. The highest BCUT2D eigenvalue weighted by molar-refractivity contribution is 5.94. The van der Waals surface area contributed by atoms with Crippen LogP contribution < -0.4 is 16.2 Å². The van der Waals surface area contributed by atoms with E-state index in [9.17, 15) is 0 Å². The lowest BCUT2D eigenvalue weighted by molar-refractivity contribution is 0.184. The topological polar surface area (TPSA) is 87.0 Å². The number of aromatic nitrogens is 2. The highest BCUT2D eigenvalue weighted by atomic mass is 16.5. The molecule has 1 aromatic heterocycles. The number of hydrogen-bond donors (Lipinski definition) is 2. The fourth-order valence-corrected chi connectivity index (χ4v) is 4.08. The van der Waals surface area contributed by atoms with Crippen molar-refractivity contribution in [3.05, 3.63) is 54.1 Å². The Morgan fingerprint density at radius 1 is 0.852 bits per heavy atom. The molecular weight excluding hydrogens is 336 g/mol.